The number of nitrogens with zero attached hydrogens (tertiary/aromatic N) is 6. The molecule has 10 heteroatoms. The van der Waals surface area contributed by atoms with Gasteiger partial charge in [-0.25, -0.2) is 9.37 Å². The highest BCUT2D eigenvalue weighted by molar-refractivity contribution is 7.20. The van der Waals surface area contributed by atoms with Crippen molar-refractivity contribution < 1.29 is 9.18 Å². The van der Waals surface area contributed by atoms with Gasteiger partial charge in [-0.2, -0.15) is 4.52 Å². The lowest BCUT2D eigenvalue weighted by Crippen LogP contribution is -2.50. The molecule has 3 aromatic rings. The number of halogens is 1. The average Bonchev–Trinajstić information content (AvgIpc) is 3.07. The third-order valence-electron chi connectivity index (χ3n) is 6.14. The van der Waals surface area contributed by atoms with Crippen LogP contribution in [0.5, 0.6) is 0 Å². The Morgan fingerprint density at radius 1 is 0.938 bits per heavy atom. The van der Waals surface area contributed by atoms with Crippen LogP contribution in [-0.4, -0.2) is 64.7 Å². The summed E-state index contributed by atoms with van der Waals surface area (Å²) in [7, 11) is 0. The minimum atomic E-state index is -0.436. The molecule has 5 rings (SSSR count). The number of anilines is 2. The highest BCUT2D eigenvalue weighted by Gasteiger charge is 2.27. The third kappa shape index (κ3) is 3.94. The molecule has 1 amide bonds. The van der Waals surface area contributed by atoms with Gasteiger partial charge in [0.1, 0.15) is 11.4 Å². The predicted octanol–water partition coefficient (Wildman–Crippen LogP) is 2.63. The molecular formula is C22H25FN6O2S. The molecule has 8 nitrogen and oxygen atoms in total. The Kier molecular flexibility index (Phi) is 5.77. The molecule has 4 heterocycles. The molecule has 0 atom stereocenters. The summed E-state index contributed by atoms with van der Waals surface area (Å²) >= 11 is 1.38. The Hall–Kier alpha value is -3.01. The van der Waals surface area contributed by atoms with Crippen molar-refractivity contribution in [2.75, 3.05) is 49.1 Å². The van der Waals surface area contributed by atoms with Gasteiger partial charge in [-0.1, -0.05) is 36.3 Å². The molecule has 32 heavy (non-hydrogen) atoms. The number of hydrogen-bond acceptors (Lipinski definition) is 7. The number of rotatable bonds is 3. The molecule has 0 unspecified atom stereocenters. The molecule has 1 aromatic carbocycles. The van der Waals surface area contributed by atoms with Crippen LogP contribution < -0.4 is 15.4 Å². The number of amides is 1. The second-order valence-electron chi connectivity index (χ2n) is 8.19. The maximum Gasteiger partial charge on any atom is 0.288 e. The molecule has 0 N–H and O–H groups in total. The first-order valence-electron chi connectivity index (χ1n) is 11.0. The van der Waals surface area contributed by atoms with Gasteiger partial charge in [0.05, 0.1) is 5.69 Å². The second-order valence-corrected chi connectivity index (χ2v) is 9.12. The summed E-state index contributed by atoms with van der Waals surface area (Å²) in [5, 5.41) is 5.27. The van der Waals surface area contributed by atoms with Crippen molar-refractivity contribution in [2.45, 2.75) is 25.7 Å². The summed E-state index contributed by atoms with van der Waals surface area (Å²) < 4.78 is 15.3. The first-order chi connectivity index (χ1) is 15.6. The van der Waals surface area contributed by atoms with Gasteiger partial charge in [0.15, 0.2) is 0 Å². The van der Waals surface area contributed by atoms with Gasteiger partial charge in [0.2, 0.25) is 10.1 Å². The zero-order chi connectivity index (χ0) is 22.1. The van der Waals surface area contributed by atoms with Gasteiger partial charge in [0.25, 0.3) is 11.5 Å². The lowest BCUT2D eigenvalue weighted by Gasteiger charge is -2.36. The molecule has 2 fully saturated rings. The van der Waals surface area contributed by atoms with Crippen molar-refractivity contribution in [1.29, 1.82) is 0 Å². The van der Waals surface area contributed by atoms with E-state index in [1.54, 1.807) is 23.1 Å². The van der Waals surface area contributed by atoms with Gasteiger partial charge < -0.3 is 14.7 Å². The summed E-state index contributed by atoms with van der Waals surface area (Å²) in [5.41, 5.74) is 0.120. The summed E-state index contributed by atoms with van der Waals surface area (Å²) in [6.45, 7) is 3.66. The molecule has 0 radical (unpaired) electrons. The third-order valence-corrected chi connectivity index (χ3v) is 7.13. The van der Waals surface area contributed by atoms with Gasteiger partial charge in [0, 0.05) is 45.5 Å². The van der Waals surface area contributed by atoms with Crippen LogP contribution in [0.25, 0.3) is 4.96 Å². The number of aromatic nitrogens is 3. The summed E-state index contributed by atoms with van der Waals surface area (Å²) in [6.07, 6.45) is 6.01. The molecule has 0 saturated carbocycles. The fourth-order valence-electron chi connectivity index (χ4n) is 4.34. The zero-order valence-electron chi connectivity index (χ0n) is 17.7. The lowest BCUT2D eigenvalue weighted by atomic mass is 10.2. The van der Waals surface area contributed by atoms with E-state index in [2.05, 4.69) is 15.0 Å². The van der Waals surface area contributed by atoms with Crippen molar-refractivity contribution in [3.05, 3.63) is 52.2 Å². The predicted molar refractivity (Wildman–Crippen MR) is 122 cm³/mol. The monoisotopic (exact) mass is 456 g/mol. The Balaban J connectivity index is 1.33. The number of piperazine rings is 1. The van der Waals surface area contributed by atoms with Crippen LogP contribution in [-0.2, 0) is 0 Å². The van der Waals surface area contributed by atoms with E-state index in [-0.39, 0.29) is 17.3 Å². The van der Waals surface area contributed by atoms with Crippen molar-refractivity contribution in [1.82, 2.24) is 19.5 Å². The number of fused-ring (bicyclic) bond motifs is 1. The SMILES string of the molecule is O=C(c1cnc2sc(N3CCCCCC3)nn2c1=O)N1CCN(c2ccccc2F)CC1. The van der Waals surface area contributed by atoms with Crippen LogP contribution in [0.1, 0.15) is 36.0 Å². The van der Waals surface area contributed by atoms with Crippen molar-refractivity contribution in [3.8, 4) is 0 Å². The number of carbonyl (C=O) groups excluding carboxylic acids is 1. The van der Waals surface area contributed by atoms with E-state index in [0.29, 0.717) is 36.8 Å². The van der Waals surface area contributed by atoms with Crippen LogP contribution in [0.3, 0.4) is 0 Å². The van der Waals surface area contributed by atoms with E-state index in [0.717, 1.165) is 31.1 Å². The molecule has 0 aliphatic carbocycles. The van der Waals surface area contributed by atoms with Crippen molar-refractivity contribution in [3.63, 3.8) is 0 Å². The van der Waals surface area contributed by atoms with Gasteiger partial charge in [-0.3, -0.25) is 9.59 Å². The number of carbonyl (C=O) groups is 1. The molecule has 0 spiro atoms. The Bertz CT molecular complexity index is 1180. The number of para-hydroxylation sites is 1. The lowest BCUT2D eigenvalue weighted by molar-refractivity contribution is 0.0744. The standard InChI is InChI=1S/C22H25FN6O2S/c23-17-7-3-4-8-18(17)26-11-13-27(14-12-26)19(30)16-15-24-21-29(20(16)31)25-22(32-21)28-9-5-1-2-6-10-28/h3-4,7-8,15H,1-2,5-6,9-14H2. The molecule has 168 valence electrons. The van der Waals surface area contributed by atoms with Gasteiger partial charge in [-0.15, -0.1) is 5.10 Å². The normalized spacial score (nSPS) is 17.6. The fraction of sp³-hybridized carbons (Fsp3) is 0.455. The molecule has 2 saturated heterocycles. The largest absolute Gasteiger partial charge is 0.366 e. The van der Waals surface area contributed by atoms with Crippen molar-refractivity contribution >= 4 is 33.0 Å². The Labute approximate surface area is 188 Å². The Morgan fingerprint density at radius 2 is 1.66 bits per heavy atom. The minimum absolute atomic E-state index is 0.0227. The first-order valence-corrected chi connectivity index (χ1v) is 11.9. The van der Waals surface area contributed by atoms with Crippen LogP contribution in [0.4, 0.5) is 15.2 Å². The van der Waals surface area contributed by atoms with Crippen LogP contribution >= 0.6 is 11.3 Å². The summed E-state index contributed by atoms with van der Waals surface area (Å²) in [6, 6.07) is 6.63. The van der Waals surface area contributed by atoms with E-state index in [1.165, 1.54) is 41.0 Å². The molecule has 2 aliphatic heterocycles. The fourth-order valence-corrected chi connectivity index (χ4v) is 5.25. The zero-order valence-corrected chi connectivity index (χ0v) is 18.6. The molecule has 0 bridgehead atoms. The average molecular weight is 457 g/mol. The van der Waals surface area contributed by atoms with Crippen molar-refractivity contribution in [2.24, 2.45) is 0 Å². The number of hydrogen-bond donors (Lipinski definition) is 0. The van der Waals surface area contributed by atoms with E-state index in [1.807, 2.05) is 4.90 Å². The summed E-state index contributed by atoms with van der Waals surface area (Å²) in [4.78, 5) is 36.7. The van der Waals surface area contributed by atoms with Crippen LogP contribution in [0, 0.1) is 5.82 Å². The first kappa shape index (κ1) is 20.9. The van der Waals surface area contributed by atoms with E-state index >= 15 is 0 Å². The molecular weight excluding hydrogens is 431 g/mol. The van der Waals surface area contributed by atoms with Gasteiger partial charge in [-0.05, 0) is 25.0 Å². The second kappa shape index (κ2) is 8.85. The maximum absolute atomic E-state index is 14.1. The highest BCUT2D eigenvalue weighted by atomic mass is 32.1. The Morgan fingerprint density at radius 3 is 2.38 bits per heavy atom. The minimum Gasteiger partial charge on any atom is -0.366 e. The van der Waals surface area contributed by atoms with Crippen LogP contribution in [0.15, 0.2) is 35.3 Å². The topological polar surface area (TPSA) is 74.0 Å². The smallest absolute Gasteiger partial charge is 0.288 e. The number of benzene rings is 1. The summed E-state index contributed by atoms with van der Waals surface area (Å²) in [5.74, 6) is -0.627. The molecule has 2 aliphatic rings. The maximum atomic E-state index is 14.1. The quantitative estimate of drug-likeness (QED) is 0.603. The van der Waals surface area contributed by atoms with E-state index in [9.17, 15) is 14.0 Å². The molecule has 2 aromatic heterocycles. The highest BCUT2D eigenvalue weighted by Crippen LogP contribution is 2.24. The van der Waals surface area contributed by atoms with Gasteiger partial charge >= 0.3 is 0 Å². The van der Waals surface area contributed by atoms with E-state index < -0.39 is 5.56 Å². The van der Waals surface area contributed by atoms with E-state index in [4.69, 9.17) is 0 Å². The van der Waals surface area contributed by atoms with Crippen LogP contribution in [0.2, 0.25) is 0 Å².